The minimum absolute atomic E-state index is 0.195. The molecule has 1 aromatic heterocycles. The summed E-state index contributed by atoms with van der Waals surface area (Å²) in [4.78, 5) is 13.3. The van der Waals surface area contributed by atoms with Crippen molar-refractivity contribution in [3.05, 3.63) is 24.2 Å². The van der Waals surface area contributed by atoms with Gasteiger partial charge in [-0.05, 0) is 19.2 Å². The van der Waals surface area contributed by atoms with Gasteiger partial charge in [0.15, 0.2) is 0 Å². The van der Waals surface area contributed by atoms with Gasteiger partial charge in [0.25, 0.3) is 0 Å². The molecule has 1 aromatic rings. The average molecular weight is 194 g/mol. The second-order valence-electron chi connectivity index (χ2n) is 3.54. The maximum absolute atomic E-state index is 11.5. The Labute approximate surface area is 82.9 Å². The molecule has 14 heavy (non-hydrogen) atoms. The van der Waals surface area contributed by atoms with Gasteiger partial charge in [0.05, 0.1) is 12.8 Å². The van der Waals surface area contributed by atoms with Crippen LogP contribution in [0.15, 0.2) is 22.8 Å². The summed E-state index contributed by atoms with van der Waals surface area (Å²) >= 11 is 0. The third kappa shape index (κ3) is 1.80. The number of carbonyl (C=O) groups is 1. The van der Waals surface area contributed by atoms with Crippen LogP contribution in [0.5, 0.6) is 0 Å². The molecule has 0 radical (unpaired) electrons. The Kier molecular flexibility index (Phi) is 2.54. The lowest BCUT2D eigenvalue weighted by Crippen LogP contribution is -2.29. The Hall–Kier alpha value is -1.29. The molecule has 0 bridgehead atoms. The maximum atomic E-state index is 11.5. The molecule has 1 saturated heterocycles. The highest BCUT2D eigenvalue weighted by molar-refractivity contribution is 5.79. The highest BCUT2D eigenvalue weighted by atomic mass is 16.3. The van der Waals surface area contributed by atoms with Gasteiger partial charge >= 0.3 is 0 Å². The molecular formula is C10H14N2O2. The molecule has 2 heterocycles. The van der Waals surface area contributed by atoms with Crippen molar-refractivity contribution >= 4 is 5.91 Å². The molecule has 0 aromatic carbocycles. The quantitative estimate of drug-likeness (QED) is 0.766. The van der Waals surface area contributed by atoms with Crippen molar-refractivity contribution < 1.29 is 9.21 Å². The minimum Gasteiger partial charge on any atom is -0.467 e. The predicted octanol–water partition coefficient (Wildman–Crippen LogP) is 0.600. The van der Waals surface area contributed by atoms with Gasteiger partial charge in [0.2, 0.25) is 5.91 Å². The molecule has 0 saturated carbocycles. The Bertz CT molecular complexity index is 308. The lowest BCUT2D eigenvalue weighted by atomic mass is 10.3. The van der Waals surface area contributed by atoms with Crippen LogP contribution < -0.4 is 5.32 Å². The molecule has 1 aliphatic rings. The van der Waals surface area contributed by atoms with Crippen molar-refractivity contribution in [2.75, 3.05) is 13.6 Å². The van der Waals surface area contributed by atoms with Crippen LogP contribution in [-0.2, 0) is 11.3 Å². The number of likely N-dealkylation sites (tertiary alicyclic amines) is 1. The Balaban J connectivity index is 1.96. The number of carbonyl (C=O) groups excluding carboxylic acids is 1. The summed E-state index contributed by atoms with van der Waals surface area (Å²) in [7, 11) is 1.88. The lowest BCUT2D eigenvalue weighted by Gasteiger charge is -2.14. The number of furan rings is 1. The summed E-state index contributed by atoms with van der Waals surface area (Å²) < 4.78 is 5.20. The first kappa shape index (κ1) is 9.27. The van der Waals surface area contributed by atoms with E-state index in [2.05, 4.69) is 5.32 Å². The fourth-order valence-corrected chi connectivity index (χ4v) is 1.71. The van der Waals surface area contributed by atoms with Crippen LogP contribution in [-0.4, -0.2) is 30.4 Å². The molecule has 1 N–H and O–H groups in total. The van der Waals surface area contributed by atoms with Gasteiger partial charge in [-0.15, -0.1) is 0 Å². The lowest BCUT2D eigenvalue weighted by molar-refractivity contribution is -0.128. The van der Waals surface area contributed by atoms with Gasteiger partial charge in [-0.25, -0.2) is 0 Å². The van der Waals surface area contributed by atoms with Gasteiger partial charge in [0.1, 0.15) is 5.76 Å². The largest absolute Gasteiger partial charge is 0.467 e. The van der Waals surface area contributed by atoms with Gasteiger partial charge in [-0.2, -0.15) is 0 Å². The normalized spacial score (nSPS) is 21.9. The van der Waals surface area contributed by atoms with E-state index in [1.165, 1.54) is 0 Å². The highest BCUT2D eigenvalue weighted by Crippen LogP contribution is 2.14. The molecule has 4 heteroatoms. The van der Waals surface area contributed by atoms with Crippen LogP contribution in [0.3, 0.4) is 0 Å². The standard InChI is InChI=1S/C10H14N2O2/c1-11-8-5-10(13)12(6-8)7-9-3-2-4-14-9/h2-4,8,11H,5-7H2,1H3. The topological polar surface area (TPSA) is 45.5 Å². The minimum atomic E-state index is 0.195. The summed E-state index contributed by atoms with van der Waals surface area (Å²) in [6.45, 7) is 1.36. The van der Waals surface area contributed by atoms with Crippen molar-refractivity contribution in [1.29, 1.82) is 0 Å². The molecule has 4 nitrogen and oxygen atoms in total. The van der Waals surface area contributed by atoms with E-state index < -0.39 is 0 Å². The molecule has 2 rings (SSSR count). The van der Waals surface area contributed by atoms with E-state index in [0.29, 0.717) is 13.0 Å². The SMILES string of the molecule is CNC1CC(=O)N(Cc2ccco2)C1. The van der Waals surface area contributed by atoms with Crippen molar-refractivity contribution in [1.82, 2.24) is 10.2 Å². The van der Waals surface area contributed by atoms with Gasteiger partial charge in [0, 0.05) is 19.0 Å². The Morgan fingerprint density at radius 2 is 2.57 bits per heavy atom. The maximum Gasteiger partial charge on any atom is 0.224 e. The number of nitrogens with zero attached hydrogens (tertiary/aromatic N) is 1. The zero-order valence-electron chi connectivity index (χ0n) is 8.19. The number of amides is 1. The van der Waals surface area contributed by atoms with E-state index in [-0.39, 0.29) is 11.9 Å². The monoisotopic (exact) mass is 194 g/mol. The van der Waals surface area contributed by atoms with Crippen LogP contribution in [0.25, 0.3) is 0 Å². The summed E-state index contributed by atoms with van der Waals surface area (Å²) in [5.41, 5.74) is 0. The third-order valence-electron chi connectivity index (χ3n) is 2.55. The van der Waals surface area contributed by atoms with E-state index in [1.54, 1.807) is 6.26 Å². The van der Waals surface area contributed by atoms with Crippen molar-refractivity contribution in [2.24, 2.45) is 0 Å². The van der Waals surface area contributed by atoms with Crippen molar-refractivity contribution in [2.45, 2.75) is 19.0 Å². The van der Waals surface area contributed by atoms with Gasteiger partial charge in [-0.1, -0.05) is 0 Å². The van der Waals surface area contributed by atoms with Crippen LogP contribution >= 0.6 is 0 Å². The first-order chi connectivity index (χ1) is 6.79. The number of rotatable bonds is 3. The van der Waals surface area contributed by atoms with Crippen molar-refractivity contribution in [3.63, 3.8) is 0 Å². The molecule has 1 amide bonds. The highest BCUT2D eigenvalue weighted by Gasteiger charge is 2.28. The molecule has 1 unspecified atom stereocenters. The van der Waals surface area contributed by atoms with E-state index in [1.807, 2.05) is 24.1 Å². The number of nitrogens with one attached hydrogen (secondary N) is 1. The molecule has 1 atom stereocenters. The van der Waals surface area contributed by atoms with Crippen LogP contribution in [0.2, 0.25) is 0 Å². The summed E-state index contributed by atoms with van der Waals surface area (Å²) in [5, 5.41) is 3.11. The molecule has 1 aliphatic heterocycles. The first-order valence-electron chi connectivity index (χ1n) is 4.77. The van der Waals surface area contributed by atoms with Gasteiger partial charge in [-0.3, -0.25) is 4.79 Å². The Morgan fingerprint density at radius 3 is 3.14 bits per heavy atom. The zero-order chi connectivity index (χ0) is 9.97. The summed E-state index contributed by atoms with van der Waals surface area (Å²) in [6.07, 6.45) is 2.22. The number of likely N-dealkylation sites (N-methyl/N-ethyl adjacent to an activating group) is 1. The molecule has 0 aliphatic carbocycles. The molecular weight excluding hydrogens is 180 g/mol. The van der Waals surface area contributed by atoms with E-state index in [9.17, 15) is 4.79 Å². The second-order valence-corrected chi connectivity index (χ2v) is 3.54. The fraction of sp³-hybridized carbons (Fsp3) is 0.500. The van der Waals surface area contributed by atoms with Crippen LogP contribution in [0, 0.1) is 0 Å². The van der Waals surface area contributed by atoms with E-state index in [0.717, 1.165) is 12.3 Å². The number of hydrogen-bond acceptors (Lipinski definition) is 3. The second kappa shape index (κ2) is 3.84. The Morgan fingerprint density at radius 1 is 1.71 bits per heavy atom. The number of hydrogen-bond donors (Lipinski definition) is 1. The van der Waals surface area contributed by atoms with E-state index in [4.69, 9.17) is 4.42 Å². The summed E-state index contributed by atoms with van der Waals surface area (Å²) in [6, 6.07) is 4.02. The van der Waals surface area contributed by atoms with Crippen LogP contribution in [0.1, 0.15) is 12.2 Å². The van der Waals surface area contributed by atoms with Gasteiger partial charge < -0.3 is 14.6 Å². The average Bonchev–Trinajstić information content (AvgIpc) is 2.78. The van der Waals surface area contributed by atoms with Crippen molar-refractivity contribution in [3.8, 4) is 0 Å². The third-order valence-corrected chi connectivity index (χ3v) is 2.55. The van der Waals surface area contributed by atoms with E-state index >= 15 is 0 Å². The first-order valence-corrected chi connectivity index (χ1v) is 4.77. The molecule has 76 valence electrons. The molecule has 1 fully saturated rings. The zero-order valence-corrected chi connectivity index (χ0v) is 8.19. The van der Waals surface area contributed by atoms with Crippen LogP contribution in [0.4, 0.5) is 0 Å². The molecule has 0 spiro atoms. The smallest absolute Gasteiger partial charge is 0.224 e. The fourth-order valence-electron chi connectivity index (χ4n) is 1.71. The predicted molar refractivity (Wildman–Crippen MR) is 51.6 cm³/mol. The summed E-state index contributed by atoms with van der Waals surface area (Å²) in [5.74, 6) is 1.04.